The summed E-state index contributed by atoms with van der Waals surface area (Å²) in [7, 11) is 1.54. The van der Waals surface area contributed by atoms with Crippen LogP contribution in [0.4, 0.5) is 5.69 Å². The van der Waals surface area contributed by atoms with E-state index in [4.69, 9.17) is 14.3 Å². The number of oxime groups is 1. The van der Waals surface area contributed by atoms with Crippen molar-refractivity contribution in [3.05, 3.63) is 74.8 Å². The lowest BCUT2D eigenvalue weighted by Crippen LogP contribution is -1.98. The van der Waals surface area contributed by atoms with Crippen LogP contribution in [0.2, 0.25) is 0 Å². The molecular formula is C18H17BrN2O5. The monoisotopic (exact) mass is 420 g/mol. The minimum absolute atomic E-state index is 0.0128. The first-order valence-corrected chi connectivity index (χ1v) is 8.34. The smallest absolute Gasteiger partial charge is 0.269 e. The first kappa shape index (κ1) is 19.5. The van der Waals surface area contributed by atoms with E-state index in [1.807, 2.05) is 0 Å². The normalized spacial score (nSPS) is 10.5. The Morgan fingerprint density at radius 2 is 2.15 bits per heavy atom. The molecule has 0 aliphatic carbocycles. The van der Waals surface area contributed by atoms with E-state index in [-0.39, 0.29) is 12.3 Å². The maximum Gasteiger partial charge on any atom is 0.269 e. The fourth-order valence-electron chi connectivity index (χ4n) is 2.07. The number of methoxy groups -OCH3 is 1. The average molecular weight is 421 g/mol. The van der Waals surface area contributed by atoms with Gasteiger partial charge in [-0.1, -0.05) is 29.9 Å². The van der Waals surface area contributed by atoms with Crippen molar-refractivity contribution in [1.82, 2.24) is 0 Å². The Kier molecular flexibility index (Phi) is 7.16. The van der Waals surface area contributed by atoms with Crippen LogP contribution in [0.1, 0.15) is 11.1 Å². The highest BCUT2D eigenvalue weighted by Crippen LogP contribution is 2.36. The second-order valence-corrected chi connectivity index (χ2v) is 5.92. The van der Waals surface area contributed by atoms with E-state index in [1.54, 1.807) is 37.5 Å². The van der Waals surface area contributed by atoms with Crippen molar-refractivity contribution in [3.8, 4) is 11.5 Å². The van der Waals surface area contributed by atoms with Gasteiger partial charge in [-0.2, -0.15) is 0 Å². The lowest BCUT2D eigenvalue weighted by molar-refractivity contribution is -0.384. The highest BCUT2D eigenvalue weighted by molar-refractivity contribution is 9.10. The van der Waals surface area contributed by atoms with Gasteiger partial charge in [0.05, 0.1) is 22.7 Å². The summed E-state index contributed by atoms with van der Waals surface area (Å²) in [4.78, 5) is 15.5. The Hall–Kier alpha value is -2.87. The molecule has 7 nitrogen and oxygen atoms in total. The van der Waals surface area contributed by atoms with Gasteiger partial charge in [0, 0.05) is 17.7 Å². The molecule has 0 aliphatic heterocycles. The van der Waals surface area contributed by atoms with Gasteiger partial charge in [-0.05, 0) is 33.6 Å². The minimum Gasteiger partial charge on any atom is -0.493 e. The number of hydrogen-bond acceptors (Lipinski definition) is 6. The molecule has 2 rings (SSSR count). The zero-order valence-electron chi connectivity index (χ0n) is 14.1. The van der Waals surface area contributed by atoms with Crippen molar-refractivity contribution in [2.24, 2.45) is 5.16 Å². The molecule has 136 valence electrons. The third kappa shape index (κ3) is 5.32. The van der Waals surface area contributed by atoms with E-state index in [0.29, 0.717) is 28.1 Å². The van der Waals surface area contributed by atoms with E-state index in [0.717, 1.165) is 5.56 Å². The average Bonchev–Trinajstić information content (AvgIpc) is 2.64. The Morgan fingerprint density at radius 1 is 1.35 bits per heavy atom. The molecular weight excluding hydrogens is 404 g/mol. The molecule has 2 aromatic carbocycles. The second-order valence-electron chi connectivity index (χ2n) is 5.07. The molecule has 0 saturated heterocycles. The van der Waals surface area contributed by atoms with Gasteiger partial charge in [0.15, 0.2) is 11.5 Å². The molecule has 0 N–H and O–H groups in total. The molecule has 0 atom stereocenters. The van der Waals surface area contributed by atoms with Crippen LogP contribution in [-0.4, -0.2) is 24.9 Å². The fraction of sp³-hybridized carbons (Fsp3) is 0.167. The molecule has 2 aromatic rings. The van der Waals surface area contributed by atoms with Crippen molar-refractivity contribution in [1.29, 1.82) is 0 Å². The molecule has 0 spiro atoms. The Labute approximate surface area is 159 Å². The Bertz CT molecular complexity index is 823. The lowest BCUT2D eigenvalue weighted by atomic mass is 10.2. The van der Waals surface area contributed by atoms with Gasteiger partial charge in [0.25, 0.3) is 5.69 Å². The number of halogens is 1. The van der Waals surface area contributed by atoms with Gasteiger partial charge in [0.1, 0.15) is 13.2 Å². The van der Waals surface area contributed by atoms with E-state index in [1.165, 1.54) is 18.3 Å². The van der Waals surface area contributed by atoms with Crippen molar-refractivity contribution in [2.45, 2.75) is 6.61 Å². The molecule has 0 aromatic heterocycles. The molecule has 0 unspecified atom stereocenters. The van der Waals surface area contributed by atoms with Crippen molar-refractivity contribution in [3.63, 3.8) is 0 Å². The maximum absolute atomic E-state index is 10.8. The predicted octanol–water partition coefficient (Wildman–Crippen LogP) is 4.48. The first-order chi connectivity index (χ1) is 12.5. The third-order valence-corrected chi connectivity index (χ3v) is 3.82. The summed E-state index contributed by atoms with van der Waals surface area (Å²) in [6.45, 7) is 4.09. The van der Waals surface area contributed by atoms with Crippen LogP contribution in [0.3, 0.4) is 0 Å². The highest BCUT2D eigenvalue weighted by atomic mass is 79.9. The minimum atomic E-state index is -0.452. The third-order valence-electron chi connectivity index (χ3n) is 3.23. The van der Waals surface area contributed by atoms with E-state index in [2.05, 4.69) is 27.7 Å². The molecule has 0 radical (unpaired) electrons. The van der Waals surface area contributed by atoms with Crippen LogP contribution >= 0.6 is 15.9 Å². The standard InChI is InChI=1S/C18H17BrN2O5/c1-3-7-25-18-16(19)9-14(10-17(18)24-2)11-20-26-12-13-5-4-6-15(8-13)21(22)23/h3-6,8-11H,1,7,12H2,2H3/b20-11-. The molecule has 8 heteroatoms. The summed E-state index contributed by atoms with van der Waals surface area (Å²) in [6, 6.07) is 9.76. The van der Waals surface area contributed by atoms with Gasteiger partial charge in [-0.3, -0.25) is 10.1 Å². The number of nitro benzene ring substituents is 1. The molecule has 0 bridgehead atoms. The van der Waals surface area contributed by atoms with Crippen molar-refractivity contribution >= 4 is 27.8 Å². The Morgan fingerprint density at radius 3 is 2.85 bits per heavy atom. The van der Waals surface area contributed by atoms with E-state index >= 15 is 0 Å². The summed E-state index contributed by atoms with van der Waals surface area (Å²) in [5.74, 6) is 1.11. The van der Waals surface area contributed by atoms with Crippen LogP contribution < -0.4 is 9.47 Å². The Balaban J connectivity index is 2.04. The van der Waals surface area contributed by atoms with Crippen LogP contribution in [0.5, 0.6) is 11.5 Å². The summed E-state index contributed by atoms with van der Waals surface area (Å²) in [6.07, 6.45) is 3.16. The van der Waals surface area contributed by atoms with Gasteiger partial charge in [-0.25, -0.2) is 0 Å². The molecule has 26 heavy (non-hydrogen) atoms. The number of rotatable bonds is 9. The molecule has 0 aliphatic rings. The summed E-state index contributed by atoms with van der Waals surface area (Å²) in [5.41, 5.74) is 1.40. The summed E-state index contributed by atoms with van der Waals surface area (Å²) in [5, 5.41) is 14.6. The van der Waals surface area contributed by atoms with Crippen LogP contribution in [0.15, 0.2) is 58.7 Å². The number of hydrogen-bond donors (Lipinski definition) is 0. The molecule has 0 fully saturated rings. The molecule has 0 heterocycles. The quantitative estimate of drug-likeness (QED) is 0.258. The van der Waals surface area contributed by atoms with Gasteiger partial charge in [-0.15, -0.1) is 0 Å². The fourth-order valence-corrected chi connectivity index (χ4v) is 2.64. The van der Waals surface area contributed by atoms with Crippen LogP contribution in [0.25, 0.3) is 0 Å². The van der Waals surface area contributed by atoms with E-state index < -0.39 is 4.92 Å². The topological polar surface area (TPSA) is 83.2 Å². The lowest BCUT2D eigenvalue weighted by Gasteiger charge is -2.12. The number of nitro groups is 1. The zero-order valence-corrected chi connectivity index (χ0v) is 15.6. The van der Waals surface area contributed by atoms with Crippen molar-refractivity contribution < 1.29 is 19.2 Å². The maximum atomic E-state index is 10.8. The van der Waals surface area contributed by atoms with Gasteiger partial charge >= 0.3 is 0 Å². The predicted molar refractivity (Wildman–Crippen MR) is 102 cm³/mol. The first-order valence-electron chi connectivity index (χ1n) is 7.55. The molecule has 0 saturated carbocycles. The number of non-ortho nitro benzene ring substituents is 1. The zero-order chi connectivity index (χ0) is 18.9. The number of benzene rings is 2. The number of nitrogens with zero attached hydrogens (tertiary/aromatic N) is 2. The van der Waals surface area contributed by atoms with E-state index in [9.17, 15) is 10.1 Å². The van der Waals surface area contributed by atoms with Crippen LogP contribution in [-0.2, 0) is 11.4 Å². The number of ether oxygens (including phenoxy) is 2. The highest BCUT2D eigenvalue weighted by Gasteiger charge is 2.11. The van der Waals surface area contributed by atoms with Gasteiger partial charge < -0.3 is 14.3 Å². The summed E-state index contributed by atoms with van der Waals surface area (Å²) >= 11 is 3.43. The molecule has 0 amide bonds. The van der Waals surface area contributed by atoms with Crippen molar-refractivity contribution in [2.75, 3.05) is 13.7 Å². The van der Waals surface area contributed by atoms with Gasteiger partial charge in [0.2, 0.25) is 0 Å². The SMILES string of the molecule is C=CCOc1c(Br)cc(/C=N\OCc2cccc([N+](=O)[O-])c2)cc1OC. The van der Waals surface area contributed by atoms with Crippen LogP contribution in [0, 0.1) is 10.1 Å². The summed E-state index contributed by atoms with van der Waals surface area (Å²) < 4.78 is 11.6. The largest absolute Gasteiger partial charge is 0.493 e. The second kappa shape index (κ2) is 9.57.